The molecule has 2 atom stereocenters. The van der Waals surface area contributed by atoms with Crippen molar-refractivity contribution in [1.82, 2.24) is 0 Å². The highest BCUT2D eigenvalue weighted by Gasteiger charge is 2.30. The molecule has 2 N–H and O–H groups in total. The summed E-state index contributed by atoms with van der Waals surface area (Å²) in [6, 6.07) is -0.566. The molecule has 0 aliphatic heterocycles. The molecule has 0 amide bonds. The number of unbranched alkanes of at least 4 members (excludes halogenated alkanes) is 1. The monoisotopic (exact) mass is 320 g/mol. The molecule has 130 valence electrons. The van der Waals surface area contributed by atoms with E-state index in [9.17, 15) is 14.7 Å². The van der Waals surface area contributed by atoms with Gasteiger partial charge < -0.3 is 24.2 Å². The van der Waals surface area contributed by atoms with Crippen molar-refractivity contribution in [3.05, 3.63) is 0 Å². The van der Waals surface area contributed by atoms with E-state index in [4.69, 9.17) is 14.6 Å². The number of esters is 1. The number of rotatable bonds is 12. The Morgan fingerprint density at radius 2 is 1.82 bits per heavy atom. The van der Waals surface area contributed by atoms with Crippen molar-refractivity contribution in [2.45, 2.75) is 44.8 Å². The zero-order chi connectivity index (χ0) is 17.2. The second-order valence-electron chi connectivity index (χ2n) is 6.27. The first-order chi connectivity index (χ1) is 10.2. The summed E-state index contributed by atoms with van der Waals surface area (Å²) >= 11 is 0. The van der Waals surface area contributed by atoms with Crippen molar-refractivity contribution in [1.29, 1.82) is 0 Å². The molecule has 0 rings (SSSR count). The predicted octanol–water partition coefficient (Wildman–Crippen LogP) is 0.647. The van der Waals surface area contributed by atoms with Crippen LogP contribution in [0.3, 0.4) is 0 Å². The number of likely N-dealkylation sites (N-methyl/N-ethyl adjacent to an activating group) is 1. The average Bonchev–Trinajstić information content (AvgIpc) is 2.40. The van der Waals surface area contributed by atoms with Gasteiger partial charge in [-0.2, -0.15) is 0 Å². The fourth-order valence-electron chi connectivity index (χ4n) is 1.89. The number of ether oxygens (including phenoxy) is 2. The van der Waals surface area contributed by atoms with Crippen LogP contribution < -0.4 is 0 Å². The van der Waals surface area contributed by atoms with Gasteiger partial charge in [0, 0.05) is 12.8 Å². The van der Waals surface area contributed by atoms with E-state index in [-0.39, 0.29) is 25.8 Å². The van der Waals surface area contributed by atoms with E-state index in [1.165, 1.54) is 0 Å². The van der Waals surface area contributed by atoms with Crippen LogP contribution in [0, 0.1) is 0 Å². The number of carbonyl (C=O) groups excluding carboxylic acids is 1. The molecule has 0 saturated heterocycles. The van der Waals surface area contributed by atoms with Crippen LogP contribution in [0.5, 0.6) is 0 Å². The Kier molecular flexibility index (Phi) is 9.97. The molecule has 22 heavy (non-hydrogen) atoms. The number of aliphatic hydroxyl groups excluding tert-OH is 1. The van der Waals surface area contributed by atoms with Crippen molar-refractivity contribution >= 4 is 11.9 Å². The Bertz CT molecular complexity index is 339. The first kappa shape index (κ1) is 20.8. The fourth-order valence-corrected chi connectivity index (χ4v) is 1.89. The Labute approximate surface area is 132 Å². The minimum absolute atomic E-state index is 0.0184. The average molecular weight is 320 g/mol. The van der Waals surface area contributed by atoms with Gasteiger partial charge in [-0.25, -0.2) is 4.79 Å². The van der Waals surface area contributed by atoms with Crippen molar-refractivity contribution < 1.29 is 33.8 Å². The molecule has 7 nitrogen and oxygen atoms in total. The second kappa shape index (κ2) is 10.5. The van der Waals surface area contributed by atoms with E-state index in [0.717, 1.165) is 12.8 Å². The number of aliphatic carboxylic acids is 1. The van der Waals surface area contributed by atoms with Crippen molar-refractivity contribution in [3.8, 4) is 0 Å². The number of hydrogen-bond acceptors (Lipinski definition) is 5. The molecule has 0 bridgehead atoms. The van der Waals surface area contributed by atoms with Gasteiger partial charge in [0.05, 0.1) is 34.4 Å². The Morgan fingerprint density at radius 3 is 2.32 bits per heavy atom. The highest BCUT2D eigenvalue weighted by Crippen LogP contribution is 2.08. The molecule has 0 aliphatic rings. The van der Waals surface area contributed by atoms with Gasteiger partial charge >= 0.3 is 11.9 Å². The topological polar surface area (TPSA) is 93.1 Å². The lowest BCUT2D eigenvalue weighted by Gasteiger charge is -2.31. The lowest BCUT2D eigenvalue weighted by Crippen LogP contribution is -2.50. The van der Waals surface area contributed by atoms with E-state index in [2.05, 4.69) is 0 Å². The molecule has 0 aromatic rings. The lowest BCUT2D eigenvalue weighted by atomic mass is 10.1. The van der Waals surface area contributed by atoms with Crippen LogP contribution in [-0.2, 0) is 19.1 Å². The summed E-state index contributed by atoms with van der Waals surface area (Å²) in [7, 11) is 5.43. The van der Waals surface area contributed by atoms with Crippen LogP contribution in [0.4, 0.5) is 0 Å². The largest absolute Gasteiger partial charge is 0.477 e. The zero-order valence-electron chi connectivity index (χ0n) is 14.1. The number of nitrogens with zero attached hydrogens (tertiary/aromatic N) is 1. The molecule has 0 heterocycles. The van der Waals surface area contributed by atoms with E-state index in [1.807, 2.05) is 28.1 Å². The molecule has 0 fully saturated rings. The number of hydrogen-bond donors (Lipinski definition) is 2. The third-order valence-corrected chi connectivity index (χ3v) is 3.24. The maximum Gasteiger partial charge on any atom is 0.362 e. The van der Waals surface area contributed by atoms with Crippen LogP contribution in [0.2, 0.25) is 0 Å². The molecule has 0 aromatic carbocycles. The number of carboxylic acids is 1. The first-order valence-electron chi connectivity index (χ1n) is 7.63. The molecule has 0 aliphatic carbocycles. The van der Waals surface area contributed by atoms with Crippen LogP contribution in [0.1, 0.15) is 32.6 Å². The van der Waals surface area contributed by atoms with E-state index < -0.39 is 18.1 Å². The quantitative estimate of drug-likeness (QED) is 0.311. The third kappa shape index (κ3) is 9.70. The van der Waals surface area contributed by atoms with E-state index in [1.54, 1.807) is 0 Å². The van der Waals surface area contributed by atoms with Crippen molar-refractivity contribution in [2.24, 2.45) is 0 Å². The zero-order valence-corrected chi connectivity index (χ0v) is 14.1. The lowest BCUT2D eigenvalue weighted by molar-refractivity contribution is -0.887. The fraction of sp³-hybridized carbons (Fsp3) is 0.867. The Hall–Kier alpha value is -1.18. The molecular weight excluding hydrogens is 290 g/mol. The SMILES string of the molecule is CCCCC(=O)OCC(O)COCCC(C(=O)O)[N+](C)(C)C. The normalized spacial score (nSPS) is 14.4. The third-order valence-electron chi connectivity index (χ3n) is 3.24. The van der Waals surface area contributed by atoms with E-state index >= 15 is 0 Å². The van der Waals surface area contributed by atoms with Crippen molar-refractivity contribution in [2.75, 3.05) is 41.0 Å². The van der Waals surface area contributed by atoms with Gasteiger partial charge in [-0.05, 0) is 6.42 Å². The van der Waals surface area contributed by atoms with Crippen LogP contribution in [0.25, 0.3) is 0 Å². The van der Waals surface area contributed by atoms with Gasteiger partial charge in [0.15, 0.2) is 6.04 Å². The van der Waals surface area contributed by atoms with Gasteiger partial charge in [-0.1, -0.05) is 13.3 Å². The summed E-state index contributed by atoms with van der Waals surface area (Å²) in [5.41, 5.74) is 0. The van der Waals surface area contributed by atoms with Crippen LogP contribution in [0.15, 0.2) is 0 Å². The predicted molar refractivity (Wildman–Crippen MR) is 81.4 cm³/mol. The minimum atomic E-state index is -0.891. The smallest absolute Gasteiger partial charge is 0.362 e. The molecule has 0 aromatic heterocycles. The maximum absolute atomic E-state index is 11.3. The van der Waals surface area contributed by atoms with Crippen LogP contribution in [-0.4, -0.2) is 79.7 Å². The number of carboxylic acid groups (broad SMARTS) is 1. The Morgan fingerprint density at radius 1 is 1.18 bits per heavy atom. The van der Waals surface area contributed by atoms with Crippen molar-refractivity contribution in [3.63, 3.8) is 0 Å². The molecular formula is C15H30NO6+. The molecule has 0 spiro atoms. The summed E-state index contributed by atoms with van der Waals surface area (Å²) in [6.45, 7) is 2.13. The first-order valence-corrected chi connectivity index (χ1v) is 7.63. The highest BCUT2D eigenvalue weighted by molar-refractivity contribution is 5.72. The van der Waals surface area contributed by atoms with E-state index in [0.29, 0.717) is 17.3 Å². The molecule has 7 heteroatoms. The van der Waals surface area contributed by atoms with Gasteiger partial charge in [-0.15, -0.1) is 0 Å². The summed E-state index contributed by atoms with van der Waals surface area (Å²) in [5, 5.41) is 18.8. The van der Waals surface area contributed by atoms with Gasteiger partial charge in [-0.3, -0.25) is 4.79 Å². The standard InChI is InChI=1S/C15H29NO6/c1-5-6-7-14(18)22-11-12(17)10-21-9-8-13(15(19)20)16(2,3)4/h12-13,17H,5-11H2,1-4H3/p+1. The van der Waals surface area contributed by atoms with Gasteiger partial charge in [0.2, 0.25) is 0 Å². The second-order valence-corrected chi connectivity index (χ2v) is 6.27. The molecule has 0 saturated carbocycles. The summed E-state index contributed by atoms with van der Waals surface area (Å²) in [5.74, 6) is -1.20. The van der Waals surface area contributed by atoms with Gasteiger partial charge in [0.1, 0.15) is 12.7 Å². The molecule has 0 radical (unpaired) electrons. The number of aliphatic hydroxyl groups is 1. The number of carbonyl (C=O) groups is 2. The summed E-state index contributed by atoms with van der Waals surface area (Å²) < 4.78 is 10.5. The summed E-state index contributed by atoms with van der Waals surface area (Å²) in [4.78, 5) is 22.4. The van der Waals surface area contributed by atoms with Crippen LogP contribution >= 0.6 is 0 Å². The number of quaternary nitrogens is 1. The Balaban J connectivity index is 3.86. The maximum atomic E-state index is 11.3. The van der Waals surface area contributed by atoms with Gasteiger partial charge in [0.25, 0.3) is 0 Å². The highest BCUT2D eigenvalue weighted by atomic mass is 16.5. The molecule has 2 unspecified atom stereocenters. The minimum Gasteiger partial charge on any atom is -0.477 e. The summed E-state index contributed by atoms with van der Waals surface area (Å²) in [6.07, 6.45) is 1.50.